The van der Waals surface area contributed by atoms with Crippen molar-refractivity contribution in [1.82, 2.24) is 4.72 Å². The Kier molecular flexibility index (Phi) is 1.82. The van der Waals surface area contributed by atoms with Crippen LogP contribution in [0.4, 0.5) is 0 Å². The first-order chi connectivity index (χ1) is 4.20. The molecule has 1 rings (SSSR count). The molecule has 1 saturated heterocycles. The van der Waals surface area contributed by atoms with E-state index in [1.54, 1.807) is 0 Å². The lowest BCUT2D eigenvalue weighted by molar-refractivity contribution is -0.120. The van der Waals surface area contributed by atoms with E-state index >= 15 is 0 Å². The molecule has 2 atom stereocenters. The molecule has 2 unspecified atom stereocenters. The molecule has 0 aromatic heterocycles. The summed E-state index contributed by atoms with van der Waals surface area (Å²) in [5, 5.41) is 0. The van der Waals surface area contributed by atoms with Gasteiger partial charge in [-0.2, -0.15) is 0 Å². The maximum absolute atomic E-state index is 10.6. The number of nitrogens with one attached hydrogen (secondary N) is 1. The van der Waals surface area contributed by atoms with Crippen molar-refractivity contribution in [2.45, 2.75) is 12.5 Å². The van der Waals surface area contributed by atoms with E-state index in [0.717, 1.165) is 0 Å². The van der Waals surface area contributed by atoms with Gasteiger partial charge in [0.2, 0.25) is 5.91 Å². The molecule has 1 heterocycles. The van der Waals surface area contributed by atoms with Crippen LogP contribution in [-0.2, 0) is 15.8 Å². The Labute approximate surface area is 55.4 Å². The molecule has 0 aliphatic carbocycles. The van der Waals surface area contributed by atoms with Crippen LogP contribution in [0.3, 0.4) is 0 Å². The Balaban J connectivity index is 2.54. The largest absolute Gasteiger partial charge is 0.320 e. The van der Waals surface area contributed by atoms with Crippen LogP contribution in [0.15, 0.2) is 0 Å². The highest BCUT2D eigenvalue weighted by atomic mass is 32.2. The molecule has 52 valence electrons. The number of hydrogen-bond donors (Lipinski definition) is 2. The molecule has 0 bridgehead atoms. The Morgan fingerprint density at radius 3 is 2.89 bits per heavy atom. The van der Waals surface area contributed by atoms with Gasteiger partial charge in [-0.25, -0.2) is 4.21 Å². The van der Waals surface area contributed by atoms with E-state index in [2.05, 4.69) is 4.72 Å². The predicted octanol–water partition coefficient (Wildman–Crippen LogP) is -1.50. The van der Waals surface area contributed by atoms with Crippen molar-refractivity contribution in [3.8, 4) is 0 Å². The maximum Gasteiger partial charge on any atom is 0.248 e. The number of rotatable bonds is 0. The van der Waals surface area contributed by atoms with Crippen molar-refractivity contribution in [3.05, 3.63) is 0 Å². The molecule has 0 aromatic rings. The Morgan fingerprint density at radius 1 is 1.78 bits per heavy atom. The second-order valence-electron chi connectivity index (χ2n) is 1.91. The fourth-order valence-electron chi connectivity index (χ4n) is 0.604. The molecule has 3 N–H and O–H groups in total. The molecule has 1 fully saturated rings. The third-order valence-corrected chi connectivity index (χ3v) is 2.20. The van der Waals surface area contributed by atoms with Crippen LogP contribution in [0.2, 0.25) is 0 Å². The van der Waals surface area contributed by atoms with E-state index in [0.29, 0.717) is 12.2 Å². The van der Waals surface area contributed by atoms with E-state index in [1.807, 2.05) is 0 Å². The van der Waals surface area contributed by atoms with Gasteiger partial charge in [0.05, 0.1) is 6.04 Å². The molecule has 5 heteroatoms. The number of nitrogens with two attached hydrogens (primary N) is 1. The van der Waals surface area contributed by atoms with E-state index < -0.39 is 17.0 Å². The van der Waals surface area contributed by atoms with Crippen LogP contribution in [-0.4, -0.2) is 21.9 Å². The molecule has 4 nitrogen and oxygen atoms in total. The first-order valence-electron chi connectivity index (χ1n) is 2.64. The van der Waals surface area contributed by atoms with Gasteiger partial charge in [-0.15, -0.1) is 0 Å². The molecule has 0 saturated carbocycles. The van der Waals surface area contributed by atoms with Crippen molar-refractivity contribution < 1.29 is 9.00 Å². The van der Waals surface area contributed by atoms with Crippen LogP contribution < -0.4 is 10.5 Å². The summed E-state index contributed by atoms with van der Waals surface area (Å²) in [4.78, 5) is 10.6. The quantitative estimate of drug-likeness (QED) is 0.439. The average Bonchev–Trinajstić information content (AvgIpc) is 1.80. The van der Waals surface area contributed by atoms with Gasteiger partial charge in [0.1, 0.15) is 11.0 Å². The molecule has 0 spiro atoms. The number of carbonyl (C=O) groups excluding carboxylic acids is 1. The summed E-state index contributed by atoms with van der Waals surface area (Å²) in [7, 11) is -1.17. The fourth-order valence-corrected chi connectivity index (χ4v) is 1.55. The number of amides is 1. The minimum Gasteiger partial charge on any atom is -0.320 e. The summed E-state index contributed by atoms with van der Waals surface area (Å²) in [5.74, 6) is 0.173. The summed E-state index contributed by atoms with van der Waals surface area (Å²) >= 11 is 0. The molecule has 1 aliphatic rings. The predicted molar refractivity (Wildman–Crippen MR) is 33.7 cm³/mol. The molecule has 1 amide bonds. The Morgan fingerprint density at radius 2 is 2.44 bits per heavy atom. The Bertz CT molecular complexity index is 159. The average molecular weight is 148 g/mol. The van der Waals surface area contributed by atoms with Crippen LogP contribution in [0.5, 0.6) is 0 Å². The summed E-state index contributed by atoms with van der Waals surface area (Å²) in [6, 6.07) is -0.456. The summed E-state index contributed by atoms with van der Waals surface area (Å²) in [6.45, 7) is 0. The van der Waals surface area contributed by atoms with Gasteiger partial charge in [-0.3, -0.25) is 9.52 Å². The van der Waals surface area contributed by atoms with Gasteiger partial charge in [-0.05, 0) is 6.42 Å². The van der Waals surface area contributed by atoms with Gasteiger partial charge in [0.25, 0.3) is 0 Å². The van der Waals surface area contributed by atoms with E-state index in [1.165, 1.54) is 0 Å². The van der Waals surface area contributed by atoms with Crippen LogP contribution >= 0.6 is 0 Å². The fraction of sp³-hybridized carbons (Fsp3) is 0.750. The van der Waals surface area contributed by atoms with E-state index in [9.17, 15) is 9.00 Å². The number of carbonyl (C=O) groups is 1. The molecule has 0 radical (unpaired) electrons. The summed E-state index contributed by atoms with van der Waals surface area (Å²) in [6.07, 6.45) is 0.526. The van der Waals surface area contributed by atoms with Crippen molar-refractivity contribution in [3.63, 3.8) is 0 Å². The monoisotopic (exact) mass is 148 g/mol. The summed E-state index contributed by atoms with van der Waals surface area (Å²) < 4.78 is 12.8. The Hall–Kier alpha value is -0.420. The standard InChI is InChI=1S/C4H8N2O2S/c5-3-1-2-9(8)6-4(3)7/h3H,1-2,5H2,(H,6,7). The lowest BCUT2D eigenvalue weighted by atomic mass is 10.2. The minimum absolute atomic E-state index is 0.306. The van der Waals surface area contributed by atoms with Gasteiger partial charge in [0, 0.05) is 5.75 Å². The second kappa shape index (κ2) is 2.45. The maximum atomic E-state index is 10.6. The lowest BCUT2D eigenvalue weighted by Gasteiger charge is -2.16. The zero-order valence-electron chi connectivity index (χ0n) is 4.79. The zero-order valence-corrected chi connectivity index (χ0v) is 5.61. The first kappa shape index (κ1) is 6.70. The SMILES string of the molecule is NC1CCS(=O)NC1=O. The highest BCUT2D eigenvalue weighted by Gasteiger charge is 2.21. The van der Waals surface area contributed by atoms with Gasteiger partial charge in [0.15, 0.2) is 0 Å². The van der Waals surface area contributed by atoms with Crippen molar-refractivity contribution >= 4 is 16.9 Å². The van der Waals surface area contributed by atoms with Gasteiger partial charge < -0.3 is 5.73 Å². The van der Waals surface area contributed by atoms with Crippen LogP contribution in [0, 0.1) is 0 Å². The van der Waals surface area contributed by atoms with E-state index in [-0.39, 0.29) is 5.91 Å². The normalized spacial score (nSPS) is 35.9. The number of hydrogen-bond acceptors (Lipinski definition) is 3. The second-order valence-corrected chi connectivity index (χ2v) is 3.21. The summed E-state index contributed by atoms with van der Waals surface area (Å²) in [5.41, 5.74) is 5.29. The van der Waals surface area contributed by atoms with Gasteiger partial charge >= 0.3 is 0 Å². The van der Waals surface area contributed by atoms with Crippen molar-refractivity contribution in [2.75, 3.05) is 5.75 Å². The van der Waals surface area contributed by atoms with Crippen molar-refractivity contribution in [2.24, 2.45) is 5.73 Å². The van der Waals surface area contributed by atoms with Gasteiger partial charge in [-0.1, -0.05) is 0 Å². The third kappa shape index (κ3) is 1.49. The topological polar surface area (TPSA) is 72.2 Å². The van der Waals surface area contributed by atoms with Crippen LogP contribution in [0.25, 0.3) is 0 Å². The zero-order chi connectivity index (χ0) is 6.85. The molecular weight excluding hydrogens is 140 g/mol. The van der Waals surface area contributed by atoms with Crippen molar-refractivity contribution in [1.29, 1.82) is 0 Å². The highest BCUT2D eigenvalue weighted by Crippen LogP contribution is 1.97. The highest BCUT2D eigenvalue weighted by molar-refractivity contribution is 7.83. The molecular formula is C4H8N2O2S. The van der Waals surface area contributed by atoms with E-state index in [4.69, 9.17) is 5.73 Å². The molecule has 9 heavy (non-hydrogen) atoms. The first-order valence-corrected chi connectivity index (χ1v) is 3.96. The minimum atomic E-state index is -1.17. The molecule has 0 aromatic carbocycles. The third-order valence-electron chi connectivity index (χ3n) is 1.17. The molecule has 1 aliphatic heterocycles. The lowest BCUT2D eigenvalue weighted by Crippen LogP contribution is -2.47. The van der Waals surface area contributed by atoms with Crippen LogP contribution in [0.1, 0.15) is 6.42 Å². The smallest absolute Gasteiger partial charge is 0.248 e.